The van der Waals surface area contributed by atoms with Gasteiger partial charge in [0.05, 0.1) is 6.61 Å². The van der Waals surface area contributed by atoms with Crippen molar-refractivity contribution in [3.63, 3.8) is 0 Å². The van der Waals surface area contributed by atoms with Crippen LogP contribution in [0.15, 0.2) is 24.3 Å². The first-order valence-electron chi connectivity index (χ1n) is 6.79. The number of aryl methyl sites for hydroxylation is 1. The highest BCUT2D eigenvalue weighted by atomic mass is 16.5. The van der Waals surface area contributed by atoms with Crippen molar-refractivity contribution in [2.75, 3.05) is 6.61 Å². The van der Waals surface area contributed by atoms with Crippen molar-refractivity contribution in [1.29, 1.82) is 0 Å². The molecule has 0 amide bonds. The van der Waals surface area contributed by atoms with Crippen LogP contribution in [0.2, 0.25) is 0 Å². The molecule has 0 aliphatic rings. The zero-order valence-electron chi connectivity index (χ0n) is 12.6. The molecular formula is C16H22O4. The summed E-state index contributed by atoms with van der Waals surface area (Å²) in [6.07, 6.45) is 0.934. The molecule has 0 saturated carbocycles. The summed E-state index contributed by atoms with van der Waals surface area (Å²) in [6.45, 7) is 7.16. The zero-order chi connectivity index (χ0) is 15.2. The molecule has 0 heterocycles. The number of Topliss-reactive ketones (excluding diaryl/α,β-unsaturated/α-hetero) is 1. The van der Waals surface area contributed by atoms with Crippen LogP contribution in [0.1, 0.15) is 39.7 Å². The van der Waals surface area contributed by atoms with Crippen molar-refractivity contribution in [3.8, 4) is 5.75 Å². The van der Waals surface area contributed by atoms with Crippen LogP contribution in [0.4, 0.5) is 0 Å². The Balaban J connectivity index is 2.66. The molecule has 0 fully saturated rings. The van der Waals surface area contributed by atoms with E-state index in [2.05, 4.69) is 0 Å². The molecule has 4 heteroatoms. The number of hydrogen-bond donors (Lipinski definition) is 0. The minimum absolute atomic E-state index is 0.0329. The summed E-state index contributed by atoms with van der Waals surface area (Å²) in [5, 5.41) is 0. The minimum Gasteiger partial charge on any atom is -0.480 e. The Morgan fingerprint density at radius 2 is 1.95 bits per heavy atom. The fourth-order valence-corrected chi connectivity index (χ4v) is 1.61. The van der Waals surface area contributed by atoms with Gasteiger partial charge in [-0.1, -0.05) is 12.1 Å². The first-order chi connectivity index (χ1) is 9.35. The van der Waals surface area contributed by atoms with E-state index >= 15 is 0 Å². The summed E-state index contributed by atoms with van der Waals surface area (Å²) >= 11 is 0. The van der Waals surface area contributed by atoms with E-state index in [-0.39, 0.29) is 11.8 Å². The average molecular weight is 278 g/mol. The van der Waals surface area contributed by atoms with Gasteiger partial charge >= 0.3 is 5.97 Å². The molecule has 0 spiro atoms. The quantitative estimate of drug-likeness (QED) is 0.720. The lowest BCUT2D eigenvalue weighted by molar-refractivity contribution is -0.143. The van der Waals surface area contributed by atoms with Gasteiger partial charge in [0.1, 0.15) is 5.75 Å². The highest BCUT2D eigenvalue weighted by Gasteiger charge is 2.25. The number of rotatable bonds is 7. The van der Waals surface area contributed by atoms with E-state index in [0.717, 1.165) is 5.56 Å². The molecule has 0 N–H and O–H groups in total. The van der Waals surface area contributed by atoms with Crippen LogP contribution in [0, 0.1) is 0 Å². The third-order valence-electron chi connectivity index (χ3n) is 3.04. The molecule has 4 nitrogen and oxygen atoms in total. The number of carbonyl (C=O) groups excluding carboxylic acids is 2. The Kier molecular flexibility index (Phi) is 5.74. The van der Waals surface area contributed by atoms with Gasteiger partial charge in [-0.3, -0.25) is 9.59 Å². The number of benzene rings is 1. The van der Waals surface area contributed by atoms with Crippen LogP contribution >= 0.6 is 0 Å². The van der Waals surface area contributed by atoms with Gasteiger partial charge in [0.15, 0.2) is 11.4 Å². The second kappa shape index (κ2) is 7.08. The number of ketones is 1. The predicted octanol–water partition coefficient (Wildman–Crippen LogP) is 2.93. The first kappa shape index (κ1) is 16.2. The number of carbonyl (C=O) groups is 2. The largest absolute Gasteiger partial charge is 0.480 e. The fourth-order valence-electron chi connectivity index (χ4n) is 1.61. The molecule has 110 valence electrons. The third-order valence-corrected chi connectivity index (χ3v) is 3.04. The van der Waals surface area contributed by atoms with E-state index in [4.69, 9.17) is 9.47 Å². The first-order valence-corrected chi connectivity index (χ1v) is 6.79. The lowest BCUT2D eigenvalue weighted by atomic mass is 10.0. The summed E-state index contributed by atoms with van der Waals surface area (Å²) in [5.41, 5.74) is 0.134. The van der Waals surface area contributed by atoms with Crippen LogP contribution in [-0.4, -0.2) is 24.0 Å². The molecule has 0 atom stereocenters. The van der Waals surface area contributed by atoms with Gasteiger partial charge in [-0.25, -0.2) is 0 Å². The van der Waals surface area contributed by atoms with E-state index in [1.165, 1.54) is 6.92 Å². The Morgan fingerprint density at radius 1 is 1.25 bits per heavy atom. The van der Waals surface area contributed by atoms with Crippen LogP contribution in [0.25, 0.3) is 0 Å². The monoisotopic (exact) mass is 278 g/mol. The van der Waals surface area contributed by atoms with Crippen LogP contribution in [0.3, 0.4) is 0 Å². The molecule has 1 aromatic rings. The molecule has 0 unspecified atom stereocenters. The van der Waals surface area contributed by atoms with Gasteiger partial charge < -0.3 is 9.47 Å². The van der Waals surface area contributed by atoms with Gasteiger partial charge in [0.2, 0.25) is 0 Å². The van der Waals surface area contributed by atoms with Gasteiger partial charge in [-0.15, -0.1) is 0 Å². The minimum atomic E-state index is -0.847. The lowest BCUT2D eigenvalue weighted by Gasteiger charge is -2.23. The molecule has 0 bridgehead atoms. The van der Waals surface area contributed by atoms with E-state index < -0.39 is 5.60 Å². The molecule has 20 heavy (non-hydrogen) atoms. The number of esters is 1. The van der Waals surface area contributed by atoms with E-state index in [0.29, 0.717) is 25.2 Å². The normalized spacial score (nSPS) is 11.0. The van der Waals surface area contributed by atoms with Crippen LogP contribution in [-0.2, 0) is 20.7 Å². The Hall–Kier alpha value is -1.84. The second-order valence-electron chi connectivity index (χ2n) is 5.12. The summed E-state index contributed by atoms with van der Waals surface area (Å²) in [6, 6.07) is 7.43. The van der Waals surface area contributed by atoms with Crippen molar-refractivity contribution in [2.45, 2.75) is 46.1 Å². The zero-order valence-corrected chi connectivity index (χ0v) is 12.6. The Bertz CT molecular complexity index is 477. The molecule has 0 saturated heterocycles. The standard InChI is InChI=1S/C16H22O4/c1-5-19-15(18)10-9-13-7-6-8-14(11-13)20-16(3,4)12(2)17/h6-8,11H,5,9-10H2,1-4H3. The smallest absolute Gasteiger partial charge is 0.306 e. The molecule has 0 aliphatic heterocycles. The Labute approximate surface area is 120 Å². The van der Waals surface area contributed by atoms with E-state index in [9.17, 15) is 9.59 Å². The lowest BCUT2D eigenvalue weighted by Crippen LogP contribution is -2.36. The molecule has 0 aliphatic carbocycles. The van der Waals surface area contributed by atoms with Gasteiger partial charge in [0, 0.05) is 6.42 Å². The SMILES string of the molecule is CCOC(=O)CCc1cccc(OC(C)(C)C(C)=O)c1. The maximum Gasteiger partial charge on any atom is 0.306 e. The van der Waals surface area contributed by atoms with Gasteiger partial charge in [-0.05, 0) is 51.8 Å². The van der Waals surface area contributed by atoms with Crippen molar-refractivity contribution >= 4 is 11.8 Å². The maximum atomic E-state index is 11.5. The van der Waals surface area contributed by atoms with Gasteiger partial charge in [-0.2, -0.15) is 0 Å². The van der Waals surface area contributed by atoms with Crippen LogP contribution < -0.4 is 4.74 Å². The van der Waals surface area contributed by atoms with Crippen molar-refractivity contribution in [3.05, 3.63) is 29.8 Å². The topological polar surface area (TPSA) is 52.6 Å². The molecule has 1 rings (SSSR count). The number of hydrogen-bond acceptors (Lipinski definition) is 4. The van der Waals surface area contributed by atoms with E-state index in [1.54, 1.807) is 26.8 Å². The summed E-state index contributed by atoms with van der Waals surface area (Å²) in [4.78, 5) is 22.8. The van der Waals surface area contributed by atoms with Crippen molar-refractivity contribution in [2.24, 2.45) is 0 Å². The highest BCUT2D eigenvalue weighted by Crippen LogP contribution is 2.21. The average Bonchev–Trinajstić information content (AvgIpc) is 2.36. The maximum absolute atomic E-state index is 11.5. The Morgan fingerprint density at radius 3 is 2.55 bits per heavy atom. The third kappa shape index (κ3) is 5.03. The summed E-state index contributed by atoms with van der Waals surface area (Å²) < 4.78 is 10.6. The van der Waals surface area contributed by atoms with E-state index in [1.807, 2.05) is 18.2 Å². The summed E-state index contributed by atoms with van der Waals surface area (Å²) in [5.74, 6) is 0.392. The number of ether oxygens (including phenoxy) is 2. The molecular weight excluding hydrogens is 256 g/mol. The summed E-state index contributed by atoms with van der Waals surface area (Å²) in [7, 11) is 0. The highest BCUT2D eigenvalue weighted by molar-refractivity contribution is 5.84. The molecule has 1 aromatic carbocycles. The second-order valence-corrected chi connectivity index (χ2v) is 5.12. The van der Waals surface area contributed by atoms with Crippen LogP contribution in [0.5, 0.6) is 5.75 Å². The van der Waals surface area contributed by atoms with Crippen molar-refractivity contribution < 1.29 is 19.1 Å². The van der Waals surface area contributed by atoms with Crippen molar-refractivity contribution in [1.82, 2.24) is 0 Å². The molecule has 0 radical (unpaired) electrons. The molecule has 0 aromatic heterocycles. The van der Waals surface area contributed by atoms with Gasteiger partial charge in [0.25, 0.3) is 0 Å². The fraction of sp³-hybridized carbons (Fsp3) is 0.500. The predicted molar refractivity (Wildman–Crippen MR) is 76.8 cm³/mol.